The van der Waals surface area contributed by atoms with Crippen molar-refractivity contribution in [3.8, 4) is 0 Å². The van der Waals surface area contributed by atoms with Gasteiger partial charge in [-0.2, -0.15) is 0 Å². The predicted molar refractivity (Wildman–Crippen MR) is 67.7 cm³/mol. The molecule has 1 aromatic heterocycles. The molecule has 3 N–H and O–H groups in total. The van der Waals surface area contributed by atoms with Gasteiger partial charge in [-0.15, -0.1) is 0 Å². The third-order valence-electron chi connectivity index (χ3n) is 2.25. The Morgan fingerprint density at radius 3 is 2.58 bits per heavy atom. The highest BCUT2D eigenvalue weighted by atomic mass is 16.5. The minimum atomic E-state index is -1.14. The Morgan fingerprint density at radius 2 is 2.11 bits per heavy atom. The van der Waals surface area contributed by atoms with Crippen molar-refractivity contribution in [2.24, 2.45) is 0 Å². The maximum atomic E-state index is 11.8. The first-order valence-electron chi connectivity index (χ1n) is 5.93. The van der Waals surface area contributed by atoms with Crippen LogP contribution in [0.4, 0.5) is 0 Å². The maximum Gasteiger partial charge on any atom is 0.358 e. The lowest BCUT2D eigenvalue weighted by Crippen LogP contribution is -2.49. The Bertz CT molecular complexity index is 462. The number of carbonyl (C=O) groups excluding carboxylic acids is 1. The van der Waals surface area contributed by atoms with E-state index in [9.17, 15) is 9.59 Å². The fourth-order valence-electron chi connectivity index (χ4n) is 1.32. The molecule has 0 saturated heterocycles. The van der Waals surface area contributed by atoms with Crippen LogP contribution in [0.15, 0.2) is 10.6 Å². The number of carboxylic acid groups (broad SMARTS) is 1. The van der Waals surface area contributed by atoms with Crippen LogP contribution in [0, 0.1) is 0 Å². The Kier molecular flexibility index (Phi) is 4.66. The van der Waals surface area contributed by atoms with E-state index in [4.69, 9.17) is 9.63 Å². The van der Waals surface area contributed by atoms with Gasteiger partial charge in [-0.1, -0.05) is 5.16 Å². The molecule has 1 atom stereocenters. The normalized spacial score (nSPS) is 13.1. The molecule has 1 rings (SSSR count). The summed E-state index contributed by atoms with van der Waals surface area (Å²) in [5.41, 5.74) is -0.445. The van der Waals surface area contributed by atoms with Crippen LogP contribution in [0.2, 0.25) is 0 Å². The summed E-state index contributed by atoms with van der Waals surface area (Å²) in [6.45, 7) is 7.64. The second-order valence-electron chi connectivity index (χ2n) is 5.33. The summed E-state index contributed by atoms with van der Waals surface area (Å²) in [6, 6.07) is 0.904. The minimum Gasteiger partial charge on any atom is -0.476 e. The van der Waals surface area contributed by atoms with Gasteiger partial charge >= 0.3 is 5.97 Å². The summed E-state index contributed by atoms with van der Waals surface area (Å²) in [6.07, 6.45) is 0. The quantitative estimate of drug-likeness (QED) is 0.729. The molecular weight excluding hydrogens is 250 g/mol. The molecule has 0 fully saturated rings. The van der Waals surface area contributed by atoms with Crippen LogP contribution in [-0.2, 0) is 11.3 Å². The van der Waals surface area contributed by atoms with Gasteiger partial charge in [0.1, 0.15) is 0 Å². The van der Waals surface area contributed by atoms with E-state index in [1.54, 1.807) is 6.92 Å². The van der Waals surface area contributed by atoms with Crippen molar-refractivity contribution in [1.82, 2.24) is 15.8 Å². The van der Waals surface area contributed by atoms with E-state index in [2.05, 4.69) is 15.8 Å². The van der Waals surface area contributed by atoms with E-state index in [0.29, 0.717) is 5.76 Å². The number of aromatic carboxylic acids is 1. The number of nitrogens with zero attached hydrogens (tertiary/aromatic N) is 1. The molecule has 1 amide bonds. The SMILES string of the molecule is CC(NCc1cc(C(=O)O)no1)C(=O)NC(C)(C)C. The molecule has 0 aromatic carbocycles. The highest BCUT2D eigenvalue weighted by Gasteiger charge is 2.19. The Balaban J connectivity index is 2.47. The summed E-state index contributed by atoms with van der Waals surface area (Å²) < 4.78 is 4.83. The van der Waals surface area contributed by atoms with Gasteiger partial charge in [0.15, 0.2) is 11.5 Å². The number of amides is 1. The molecule has 7 heteroatoms. The zero-order chi connectivity index (χ0) is 14.6. The second-order valence-corrected chi connectivity index (χ2v) is 5.33. The number of carbonyl (C=O) groups is 2. The highest BCUT2D eigenvalue weighted by Crippen LogP contribution is 2.04. The van der Waals surface area contributed by atoms with Crippen molar-refractivity contribution in [2.75, 3.05) is 0 Å². The van der Waals surface area contributed by atoms with E-state index >= 15 is 0 Å². The van der Waals surface area contributed by atoms with Crippen LogP contribution in [0.5, 0.6) is 0 Å². The first-order valence-corrected chi connectivity index (χ1v) is 5.93. The number of carboxylic acids is 1. The molecule has 106 valence electrons. The molecule has 0 aliphatic heterocycles. The third-order valence-corrected chi connectivity index (χ3v) is 2.25. The summed E-state index contributed by atoms with van der Waals surface area (Å²) in [4.78, 5) is 22.4. The van der Waals surface area contributed by atoms with Crippen molar-refractivity contribution in [2.45, 2.75) is 45.8 Å². The smallest absolute Gasteiger partial charge is 0.358 e. The molecule has 0 saturated carbocycles. The van der Waals surface area contributed by atoms with Crippen molar-refractivity contribution < 1.29 is 19.2 Å². The van der Waals surface area contributed by atoms with E-state index in [-0.39, 0.29) is 23.7 Å². The third kappa shape index (κ3) is 5.09. The largest absolute Gasteiger partial charge is 0.476 e. The Morgan fingerprint density at radius 1 is 1.47 bits per heavy atom. The number of hydrogen-bond acceptors (Lipinski definition) is 5. The zero-order valence-electron chi connectivity index (χ0n) is 11.5. The lowest BCUT2D eigenvalue weighted by Gasteiger charge is -2.23. The number of hydrogen-bond donors (Lipinski definition) is 3. The summed E-state index contributed by atoms with van der Waals surface area (Å²) >= 11 is 0. The van der Waals surface area contributed by atoms with E-state index in [0.717, 1.165) is 0 Å². The molecule has 19 heavy (non-hydrogen) atoms. The van der Waals surface area contributed by atoms with Gasteiger partial charge in [-0.3, -0.25) is 10.1 Å². The fraction of sp³-hybridized carbons (Fsp3) is 0.583. The van der Waals surface area contributed by atoms with Gasteiger partial charge in [-0.25, -0.2) is 4.79 Å². The molecule has 0 radical (unpaired) electrons. The van der Waals surface area contributed by atoms with Gasteiger partial charge < -0.3 is 14.9 Å². The second kappa shape index (κ2) is 5.83. The highest BCUT2D eigenvalue weighted by molar-refractivity contribution is 5.85. The van der Waals surface area contributed by atoms with Crippen LogP contribution < -0.4 is 10.6 Å². The average Bonchev–Trinajstić information content (AvgIpc) is 2.72. The molecular formula is C12H19N3O4. The summed E-state index contributed by atoms with van der Waals surface area (Å²) in [5.74, 6) is -0.910. The Labute approximate surface area is 111 Å². The van der Waals surface area contributed by atoms with Crippen LogP contribution in [0.25, 0.3) is 0 Å². The molecule has 0 spiro atoms. The van der Waals surface area contributed by atoms with Crippen LogP contribution >= 0.6 is 0 Å². The molecule has 7 nitrogen and oxygen atoms in total. The maximum absolute atomic E-state index is 11.8. The van der Waals surface area contributed by atoms with Gasteiger partial charge in [-0.05, 0) is 27.7 Å². The summed E-state index contributed by atoms with van der Waals surface area (Å²) in [7, 11) is 0. The van der Waals surface area contributed by atoms with Gasteiger partial charge in [0, 0.05) is 11.6 Å². The number of nitrogens with one attached hydrogen (secondary N) is 2. The van der Waals surface area contributed by atoms with Gasteiger partial charge in [0.25, 0.3) is 0 Å². The first-order chi connectivity index (χ1) is 8.69. The van der Waals surface area contributed by atoms with Crippen LogP contribution in [0.3, 0.4) is 0 Å². The average molecular weight is 269 g/mol. The molecule has 0 bridgehead atoms. The fourth-order valence-corrected chi connectivity index (χ4v) is 1.32. The lowest BCUT2D eigenvalue weighted by molar-refractivity contribution is -0.124. The van der Waals surface area contributed by atoms with Gasteiger partial charge in [0.05, 0.1) is 12.6 Å². The van der Waals surface area contributed by atoms with Gasteiger partial charge in [0.2, 0.25) is 5.91 Å². The van der Waals surface area contributed by atoms with Crippen molar-refractivity contribution in [3.63, 3.8) is 0 Å². The number of rotatable bonds is 5. The van der Waals surface area contributed by atoms with Crippen LogP contribution in [-0.4, -0.2) is 33.7 Å². The van der Waals surface area contributed by atoms with Crippen molar-refractivity contribution >= 4 is 11.9 Å². The molecule has 1 unspecified atom stereocenters. The topological polar surface area (TPSA) is 104 Å². The predicted octanol–water partition coefficient (Wildman–Crippen LogP) is 0.766. The summed E-state index contributed by atoms with van der Waals surface area (Å²) in [5, 5.41) is 17.8. The van der Waals surface area contributed by atoms with E-state index < -0.39 is 12.0 Å². The molecule has 1 aromatic rings. The lowest BCUT2D eigenvalue weighted by atomic mass is 10.1. The zero-order valence-corrected chi connectivity index (χ0v) is 11.5. The van der Waals surface area contributed by atoms with Crippen molar-refractivity contribution in [1.29, 1.82) is 0 Å². The Hall–Kier alpha value is -1.89. The standard InChI is InChI=1S/C12H19N3O4/c1-7(10(16)14-12(2,3)4)13-6-8-5-9(11(17)18)15-19-8/h5,7,13H,6H2,1-4H3,(H,14,16)(H,17,18). The van der Waals surface area contributed by atoms with E-state index in [1.165, 1.54) is 6.07 Å². The molecule has 0 aliphatic carbocycles. The minimum absolute atomic E-state index is 0.134. The van der Waals surface area contributed by atoms with Crippen molar-refractivity contribution in [3.05, 3.63) is 17.5 Å². The molecule has 1 heterocycles. The monoisotopic (exact) mass is 269 g/mol. The van der Waals surface area contributed by atoms with Crippen LogP contribution in [0.1, 0.15) is 43.9 Å². The van der Waals surface area contributed by atoms with E-state index in [1.807, 2.05) is 20.8 Å². The first kappa shape index (κ1) is 15.2. The molecule has 0 aliphatic rings. The number of aromatic nitrogens is 1.